The zero-order valence-electron chi connectivity index (χ0n) is 18.2. The second-order valence-corrected chi connectivity index (χ2v) is 10.2. The summed E-state index contributed by atoms with van der Waals surface area (Å²) in [5, 5.41) is 9.85. The molecule has 2 aliphatic heterocycles. The fraction of sp³-hybridized carbons (Fsp3) is 0.720. The van der Waals surface area contributed by atoms with Gasteiger partial charge in [0.05, 0.1) is 12.7 Å². The third-order valence-corrected chi connectivity index (χ3v) is 8.81. The second kappa shape index (κ2) is 7.70. The minimum absolute atomic E-state index is 0.255. The first-order chi connectivity index (χ1) is 13.7. The molecular formula is C25H36O4. The highest BCUT2D eigenvalue weighted by Gasteiger charge is 2.53. The lowest BCUT2D eigenvalue weighted by atomic mass is 9.46. The van der Waals surface area contributed by atoms with Crippen molar-refractivity contribution in [1.29, 1.82) is 0 Å². The van der Waals surface area contributed by atoms with Crippen LogP contribution in [0, 0.1) is 22.7 Å². The summed E-state index contributed by atoms with van der Waals surface area (Å²) in [5.41, 5.74) is 4.01. The Kier molecular flexibility index (Phi) is 5.54. The highest BCUT2D eigenvalue weighted by molar-refractivity contribution is 5.85. The van der Waals surface area contributed by atoms with E-state index >= 15 is 0 Å². The van der Waals surface area contributed by atoms with Gasteiger partial charge in [-0.1, -0.05) is 39.0 Å². The van der Waals surface area contributed by atoms with E-state index in [-0.39, 0.29) is 6.10 Å². The lowest BCUT2D eigenvalue weighted by Gasteiger charge is -2.59. The van der Waals surface area contributed by atoms with E-state index in [1.807, 2.05) is 0 Å². The van der Waals surface area contributed by atoms with Gasteiger partial charge in [-0.2, -0.15) is 0 Å². The van der Waals surface area contributed by atoms with Gasteiger partial charge in [0.1, 0.15) is 0 Å². The molecule has 2 aliphatic carbocycles. The third-order valence-electron chi connectivity index (χ3n) is 8.81. The quantitative estimate of drug-likeness (QED) is 0.528. The van der Waals surface area contributed by atoms with Crippen molar-refractivity contribution in [2.24, 2.45) is 22.7 Å². The summed E-state index contributed by atoms with van der Waals surface area (Å²) in [6, 6.07) is 0. The fourth-order valence-electron chi connectivity index (χ4n) is 6.50. The minimum Gasteiger partial charge on any atom is -0.429 e. The number of fused-ring (bicyclic) bond motifs is 1. The number of ether oxygens (including phenoxy) is 2. The van der Waals surface area contributed by atoms with E-state index in [2.05, 4.69) is 33.4 Å². The van der Waals surface area contributed by atoms with Gasteiger partial charge in [-0.05, 0) is 79.6 Å². The van der Waals surface area contributed by atoms with Gasteiger partial charge in [0.25, 0.3) is 0 Å². The van der Waals surface area contributed by atoms with Crippen LogP contribution >= 0.6 is 0 Å². The Labute approximate surface area is 175 Å². The Hall–Kier alpha value is -1.39. The molecule has 0 aromatic heterocycles. The smallest absolute Gasteiger partial charge is 0.333 e. The molecule has 0 aromatic rings. The number of hydrogen-bond donors (Lipinski definition) is 1. The highest BCUT2D eigenvalue weighted by Crippen LogP contribution is 2.62. The van der Waals surface area contributed by atoms with E-state index < -0.39 is 12.3 Å². The summed E-state index contributed by atoms with van der Waals surface area (Å²) >= 11 is 0. The van der Waals surface area contributed by atoms with Crippen LogP contribution in [-0.2, 0) is 14.3 Å². The van der Waals surface area contributed by atoms with Crippen molar-refractivity contribution in [2.45, 2.75) is 84.5 Å². The first kappa shape index (κ1) is 20.9. The van der Waals surface area contributed by atoms with Crippen LogP contribution in [0.3, 0.4) is 0 Å². The van der Waals surface area contributed by atoms with Crippen LogP contribution in [0.25, 0.3) is 0 Å². The first-order valence-corrected chi connectivity index (χ1v) is 11.3. The second-order valence-electron chi connectivity index (χ2n) is 10.2. The van der Waals surface area contributed by atoms with Crippen molar-refractivity contribution in [3.8, 4) is 0 Å². The summed E-state index contributed by atoms with van der Waals surface area (Å²) in [7, 11) is 0. The van der Waals surface area contributed by atoms with Gasteiger partial charge in [0, 0.05) is 11.6 Å². The van der Waals surface area contributed by atoms with Gasteiger partial charge < -0.3 is 14.6 Å². The van der Waals surface area contributed by atoms with Crippen LogP contribution in [0.15, 0.2) is 35.5 Å². The molecule has 2 saturated carbocycles. The lowest BCUT2D eigenvalue weighted by Crippen LogP contribution is -2.50. The highest BCUT2D eigenvalue weighted by atomic mass is 16.6. The number of aliphatic hydroxyl groups is 1. The lowest BCUT2D eigenvalue weighted by molar-refractivity contribution is -0.152. The maximum Gasteiger partial charge on any atom is 0.333 e. The van der Waals surface area contributed by atoms with E-state index in [1.165, 1.54) is 55.7 Å². The average Bonchev–Trinajstić information content (AvgIpc) is 3.04. The third kappa shape index (κ3) is 3.63. The van der Waals surface area contributed by atoms with Gasteiger partial charge in [-0.25, -0.2) is 4.79 Å². The van der Waals surface area contributed by atoms with Crippen LogP contribution in [0.1, 0.15) is 72.1 Å². The molecule has 0 amide bonds. The standard InChI is InChI=1S/C25H36O4/c1-16-6-5-7-21-24(16,3)12-10-17(2)25(21,4)13-11-18-8-9-20(28-15-18)19-14-22(26)29-23(19)27/h8,14,17,20-21,23,27H,1,5-7,9-13,15H2,2-4H3/t17-,20+,21-,23?,24-,25-/m1/s1. The summed E-state index contributed by atoms with van der Waals surface area (Å²) in [5.74, 6) is 0.966. The molecule has 4 nitrogen and oxygen atoms in total. The molecule has 4 aliphatic rings. The van der Waals surface area contributed by atoms with Crippen LogP contribution in [0.4, 0.5) is 0 Å². The van der Waals surface area contributed by atoms with Crippen LogP contribution in [-0.4, -0.2) is 30.1 Å². The van der Waals surface area contributed by atoms with Gasteiger partial charge >= 0.3 is 5.97 Å². The molecule has 0 spiro atoms. The van der Waals surface area contributed by atoms with Crippen molar-refractivity contribution >= 4 is 5.97 Å². The molecule has 4 rings (SSSR count). The normalized spacial score (nSPS) is 42.8. The molecular weight excluding hydrogens is 364 g/mol. The molecule has 160 valence electrons. The number of aliphatic hydroxyl groups excluding tert-OH is 1. The van der Waals surface area contributed by atoms with Crippen molar-refractivity contribution < 1.29 is 19.4 Å². The zero-order chi connectivity index (χ0) is 20.8. The van der Waals surface area contributed by atoms with Crippen molar-refractivity contribution in [2.75, 3.05) is 6.61 Å². The van der Waals surface area contributed by atoms with Gasteiger partial charge in [0.2, 0.25) is 6.29 Å². The Morgan fingerprint density at radius 3 is 2.76 bits per heavy atom. The van der Waals surface area contributed by atoms with E-state index in [0.29, 0.717) is 29.4 Å². The zero-order valence-corrected chi connectivity index (χ0v) is 18.2. The SMILES string of the molecule is C=C1CCC[C@H]2[C@](C)(CCC3=CC[C@@H](C4=CC(=O)OC4O)OC3)[C@H](C)CC[C@]12C. The summed E-state index contributed by atoms with van der Waals surface area (Å²) in [4.78, 5) is 11.3. The van der Waals surface area contributed by atoms with E-state index in [4.69, 9.17) is 9.47 Å². The van der Waals surface area contributed by atoms with Crippen molar-refractivity contribution in [1.82, 2.24) is 0 Å². The van der Waals surface area contributed by atoms with Gasteiger partial charge in [-0.15, -0.1) is 0 Å². The average molecular weight is 401 g/mol. The molecule has 6 atom stereocenters. The van der Waals surface area contributed by atoms with Crippen molar-refractivity contribution in [3.05, 3.63) is 35.5 Å². The van der Waals surface area contributed by atoms with Crippen LogP contribution in [0.5, 0.6) is 0 Å². The largest absolute Gasteiger partial charge is 0.429 e. The van der Waals surface area contributed by atoms with Crippen LogP contribution < -0.4 is 0 Å². The van der Waals surface area contributed by atoms with Crippen molar-refractivity contribution in [3.63, 3.8) is 0 Å². The number of rotatable bonds is 4. The number of hydrogen-bond acceptors (Lipinski definition) is 4. The Balaban J connectivity index is 1.42. The maximum absolute atomic E-state index is 11.3. The summed E-state index contributed by atoms with van der Waals surface area (Å²) in [6.07, 6.45) is 11.6. The minimum atomic E-state index is -1.15. The molecule has 1 N–H and O–H groups in total. The number of cyclic esters (lactones) is 1. The van der Waals surface area contributed by atoms with E-state index in [9.17, 15) is 9.90 Å². The monoisotopic (exact) mass is 400 g/mol. The molecule has 1 unspecified atom stereocenters. The van der Waals surface area contributed by atoms with Gasteiger partial charge in [0.15, 0.2) is 0 Å². The molecule has 2 heterocycles. The summed E-state index contributed by atoms with van der Waals surface area (Å²) < 4.78 is 10.8. The molecule has 29 heavy (non-hydrogen) atoms. The molecule has 0 radical (unpaired) electrons. The van der Waals surface area contributed by atoms with Gasteiger partial charge in [-0.3, -0.25) is 0 Å². The maximum atomic E-state index is 11.3. The predicted molar refractivity (Wildman–Crippen MR) is 113 cm³/mol. The Morgan fingerprint density at radius 1 is 1.31 bits per heavy atom. The molecule has 0 bridgehead atoms. The Bertz CT molecular complexity index is 750. The molecule has 4 heteroatoms. The Morgan fingerprint density at radius 2 is 2.10 bits per heavy atom. The van der Waals surface area contributed by atoms with E-state index in [0.717, 1.165) is 18.3 Å². The fourth-order valence-corrected chi connectivity index (χ4v) is 6.50. The first-order valence-electron chi connectivity index (χ1n) is 11.3. The molecule has 0 saturated heterocycles. The molecule has 0 aromatic carbocycles. The number of carbonyl (C=O) groups is 1. The predicted octanol–water partition coefficient (Wildman–Crippen LogP) is 5.08. The topological polar surface area (TPSA) is 55.8 Å². The van der Waals surface area contributed by atoms with Crippen LogP contribution in [0.2, 0.25) is 0 Å². The number of allylic oxidation sites excluding steroid dienone is 1. The number of carbonyl (C=O) groups excluding carboxylic acids is 1. The molecule has 2 fully saturated rings. The van der Waals surface area contributed by atoms with E-state index in [1.54, 1.807) is 0 Å². The number of esters is 1. The summed E-state index contributed by atoms with van der Waals surface area (Å²) in [6.45, 7) is 12.5.